The van der Waals surface area contributed by atoms with Crippen LogP contribution < -0.4 is 19.5 Å². The Bertz CT molecular complexity index is 1480. The second kappa shape index (κ2) is 10.4. The highest BCUT2D eigenvalue weighted by Gasteiger charge is 2.35. The van der Waals surface area contributed by atoms with Gasteiger partial charge in [-0.1, -0.05) is 42.5 Å². The molecule has 0 aromatic heterocycles. The Morgan fingerprint density at radius 3 is 2.38 bits per heavy atom. The van der Waals surface area contributed by atoms with Crippen molar-refractivity contribution in [3.63, 3.8) is 0 Å². The first kappa shape index (κ1) is 24.4. The number of thiocarbonyl (C=S) groups is 1. The minimum atomic E-state index is -0.203. The Morgan fingerprint density at radius 2 is 1.65 bits per heavy atom. The van der Waals surface area contributed by atoms with Crippen molar-refractivity contribution in [2.45, 2.75) is 12.5 Å². The molecule has 0 fully saturated rings. The maximum atomic E-state index is 10.9. The fraction of sp³-hybridized carbons (Fsp3) is 0.172. The number of phenols is 1. The van der Waals surface area contributed by atoms with Crippen molar-refractivity contribution in [2.75, 3.05) is 26.6 Å². The van der Waals surface area contributed by atoms with Gasteiger partial charge in [-0.3, -0.25) is 0 Å². The number of phenolic OH excluding ortho intramolecular Hbond substituents is 1. The number of hydrogen-bond acceptors (Lipinski definition) is 6. The summed E-state index contributed by atoms with van der Waals surface area (Å²) < 4.78 is 16.2. The zero-order chi connectivity index (χ0) is 25.9. The molecule has 0 amide bonds. The molecule has 1 heterocycles. The summed E-state index contributed by atoms with van der Waals surface area (Å²) in [7, 11) is 4.73. The van der Waals surface area contributed by atoms with Crippen molar-refractivity contribution < 1.29 is 19.3 Å². The topological polar surface area (TPSA) is 75.6 Å². The standard InChI is InChI=1S/C29H27N3O4S/c1-34-20-13-11-19(12-14-20)30-29(37)32-25(23-10-6-8-18-7-4-5-9-22(18)23)17-24(31-32)28-26(33)15-21(35-2)16-27(28)36-3/h4-16,25,33H,17H2,1-3H3,(H,30,37). The van der Waals surface area contributed by atoms with Gasteiger partial charge in [0.15, 0.2) is 5.11 Å². The Hall–Kier alpha value is -4.30. The first-order valence-electron chi connectivity index (χ1n) is 11.8. The number of nitrogens with zero attached hydrogens (tertiary/aromatic N) is 2. The first-order chi connectivity index (χ1) is 18.0. The highest BCUT2D eigenvalue weighted by atomic mass is 32.1. The Labute approximate surface area is 220 Å². The predicted octanol–water partition coefficient (Wildman–Crippen LogP) is 6.12. The summed E-state index contributed by atoms with van der Waals surface area (Å²) in [6.45, 7) is 0. The molecule has 1 aliphatic rings. The lowest BCUT2D eigenvalue weighted by molar-refractivity contribution is 0.377. The molecular weight excluding hydrogens is 486 g/mol. The molecule has 188 valence electrons. The van der Waals surface area contributed by atoms with E-state index in [2.05, 4.69) is 29.6 Å². The van der Waals surface area contributed by atoms with E-state index in [1.165, 1.54) is 0 Å². The third-order valence-corrected chi connectivity index (χ3v) is 6.73. The van der Waals surface area contributed by atoms with Crippen molar-refractivity contribution in [1.29, 1.82) is 0 Å². The van der Waals surface area contributed by atoms with Gasteiger partial charge in [0.1, 0.15) is 23.0 Å². The van der Waals surface area contributed by atoms with E-state index < -0.39 is 0 Å². The third kappa shape index (κ3) is 4.75. The van der Waals surface area contributed by atoms with Crippen LogP contribution in [0.5, 0.6) is 23.0 Å². The highest BCUT2D eigenvalue weighted by Crippen LogP contribution is 2.42. The number of nitrogens with one attached hydrogen (secondary N) is 1. The van der Waals surface area contributed by atoms with E-state index in [0.29, 0.717) is 34.3 Å². The lowest BCUT2D eigenvalue weighted by atomic mass is 9.93. The van der Waals surface area contributed by atoms with Gasteiger partial charge in [-0.25, -0.2) is 5.01 Å². The lowest BCUT2D eigenvalue weighted by Crippen LogP contribution is -2.31. The molecule has 0 aliphatic carbocycles. The molecule has 4 aromatic rings. The van der Waals surface area contributed by atoms with Crippen LogP contribution in [0.25, 0.3) is 10.8 Å². The molecular formula is C29H27N3O4S. The van der Waals surface area contributed by atoms with Gasteiger partial charge in [0.25, 0.3) is 0 Å². The molecule has 5 rings (SSSR count). The number of anilines is 1. The van der Waals surface area contributed by atoms with Crippen molar-refractivity contribution in [3.8, 4) is 23.0 Å². The van der Waals surface area contributed by atoms with Crippen LogP contribution in [0.15, 0.2) is 84.0 Å². The number of ether oxygens (including phenoxy) is 3. The van der Waals surface area contributed by atoms with E-state index in [1.807, 2.05) is 42.5 Å². The molecule has 0 saturated heterocycles. The molecule has 0 spiro atoms. The zero-order valence-corrected chi connectivity index (χ0v) is 21.6. The van der Waals surface area contributed by atoms with Gasteiger partial charge in [0, 0.05) is 24.2 Å². The van der Waals surface area contributed by atoms with E-state index in [0.717, 1.165) is 27.8 Å². The number of hydrazone groups is 1. The summed E-state index contributed by atoms with van der Waals surface area (Å²) in [4.78, 5) is 0. The smallest absolute Gasteiger partial charge is 0.194 e. The van der Waals surface area contributed by atoms with Crippen LogP contribution in [-0.4, -0.2) is 42.3 Å². The highest BCUT2D eigenvalue weighted by molar-refractivity contribution is 7.80. The summed E-state index contributed by atoms with van der Waals surface area (Å²) >= 11 is 5.86. The van der Waals surface area contributed by atoms with Crippen LogP contribution >= 0.6 is 12.2 Å². The van der Waals surface area contributed by atoms with Gasteiger partial charge < -0.3 is 24.6 Å². The molecule has 7 nitrogen and oxygen atoms in total. The predicted molar refractivity (Wildman–Crippen MR) is 150 cm³/mol. The van der Waals surface area contributed by atoms with Crippen LogP contribution in [0.3, 0.4) is 0 Å². The maximum absolute atomic E-state index is 10.9. The zero-order valence-electron chi connectivity index (χ0n) is 20.8. The maximum Gasteiger partial charge on any atom is 0.194 e. The van der Waals surface area contributed by atoms with Gasteiger partial charge in [-0.2, -0.15) is 5.10 Å². The Kier molecular flexibility index (Phi) is 6.83. The van der Waals surface area contributed by atoms with Gasteiger partial charge in [0.2, 0.25) is 0 Å². The first-order valence-corrected chi connectivity index (χ1v) is 12.2. The van der Waals surface area contributed by atoms with Crippen LogP contribution in [0.2, 0.25) is 0 Å². The monoisotopic (exact) mass is 513 g/mol. The fourth-order valence-corrected chi connectivity index (χ4v) is 4.92. The van der Waals surface area contributed by atoms with Crippen LogP contribution in [-0.2, 0) is 0 Å². The molecule has 1 aliphatic heterocycles. The number of methoxy groups -OCH3 is 3. The van der Waals surface area contributed by atoms with Gasteiger partial charge in [-0.15, -0.1) is 0 Å². The minimum Gasteiger partial charge on any atom is -0.507 e. The van der Waals surface area contributed by atoms with Crippen LogP contribution in [0, 0.1) is 0 Å². The molecule has 1 atom stereocenters. The SMILES string of the molecule is COc1ccc(NC(=S)N2N=C(c3c(O)cc(OC)cc3OC)CC2c2cccc3ccccc23)cc1. The molecule has 1 unspecified atom stereocenters. The number of aromatic hydroxyl groups is 1. The molecule has 37 heavy (non-hydrogen) atoms. The van der Waals surface area contributed by atoms with E-state index in [-0.39, 0.29) is 11.8 Å². The molecule has 0 radical (unpaired) electrons. The van der Waals surface area contributed by atoms with Gasteiger partial charge in [0.05, 0.1) is 38.6 Å². The molecule has 0 saturated carbocycles. The quantitative estimate of drug-likeness (QED) is 0.301. The van der Waals surface area contributed by atoms with E-state index >= 15 is 0 Å². The molecule has 8 heteroatoms. The van der Waals surface area contributed by atoms with Crippen molar-refractivity contribution in [3.05, 3.63) is 90.0 Å². The number of benzene rings is 4. The normalized spacial score (nSPS) is 14.8. The van der Waals surface area contributed by atoms with E-state index in [4.69, 9.17) is 31.5 Å². The largest absolute Gasteiger partial charge is 0.507 e. The second-order valence-corrected chi connectivity index (χ2v) is 8.95. The summed E-state index contributed by atoms with van der Waals surface area (Å²) in [5.41, 5.74) is 3.08. The fourth-order valence-electron chi connectivity index (χ4n) is 4.63. The van der Waals surface area contributed by atoms with Gasteiger partial charge >= 0.3 is 0 Å². The van der Waals surface area contributed by atoms with Crippen molar-refractivity contribution >= 4 is 39.5 Å². The minimum absolute atomic E-state index is 0.0301. The average molecular weight is 514 g/mol. The van der Waals surface area contributed by atoms with Crippen molar-refractivity contribution in [2.24, 2.45) is 5.10 Å². The van der Waals surface area contributed by atoms with Crippen molar-refractivity contribution in [1.82, 2.24) is 5.01 Å². The summed E-state index contributed by atoms with van der Waals surface area (Å²) in [5.74, 6) is 1.76. The summed E-state index contributed by atoms with van der Waals surface area (Å²) in [6, 6.07) is 25.1. The molecule has 0 bridgehead atoms. The molecule has 4 aromatic carbocycles. The van der Waals surface area contributed by atoms with Gasteiger partial charge in [-0.05, 0) is 52.8 Å². The Morgan fingerprint density at radius 1 is 0.919 bits per heavy atom. The second-order valence-electron chi connectivity index (χ2n) is 8.56. The van der Waals surface area contributed by atoms with Crippen LogP contribution in [0.1, 0.15) is 23.6 Å². The Balaban J connectivity index is 1.58. The summed E-state index contributed by atoms with van der Waals surface area (Å²) in [5, 5.41) is 23.6. The van der Waals surface area contributed by atoms with E-state index in [1.54, 1.807) is 38.5 Å². The third-order valence-electron chi connectivity index (χ3n) is 6.44. The van der Waals surface area contributed by atoms with E-state index in [9.17, 15) is 5.11 Å². The average Bonchev–Trinajstić information content (AvgIpc) is 3.37. The number of rotatable bonds is 6. The molecule has 2 N–H and O–H groups in total. The summed E-state index contributed by atoms with van der Waals surface area (Å²) in [6.07, 6.45) is 0.509. The number of hydrogen-bond donors (Lipinski definition) is 2. The van der Waals surface area contributed by atoms with Crippen LogP contribution in [0.4, 0.5) is 5.69 Å². The number of fused-ring (bicyclic) bond motifs is 1. The lowest BCUT2D eigenvalue weighted by Gasteiger charge is -2.26.